The van der Waals surface area contributed by atoms with Crippen LogP contribution in [-0.2, 0) is 12.5 Å². The van der Waals surface area contributed by atoms with Crippen molar-refractivity contribution in [1.82, 2.24) is 24.6 Å². The average Bonchev–Trinajstić information content (AvgIpc) is 2.94. The van der Waals surface area contributed by atoms with Crippen molar-refractivity contribution < 1.29 is 0 Å². The lowest BCUT2D eigenvalue weighted by Gasteiger charge is -2.44. The molecule has 3 rings (SSSR count). The lowest BCUT2D eigenvalue weighted by Crippen LogP contribution is -2.55. The van der Waals surface area contributed by atoms with Crippen LogP contribution in [0.2, 0.25) is 0 Å². The second kappa shape index (κ2) is 6.56. The van der Waals surface area contributed by atoms with Crippen molar-refractivity contribution in [2.45, 2.75) is 65.5 Å². The molecular weight excluding hydrogens is 312 g/mol. The Balaban J connectivity index is 2.03. The number of piperazine rings is 1. The zero-order valence-electron chi connectivity index (χ0n) is 16.7. The quantitative estimate of drug-likeness (QED) is 0.857. The van der Waals surface area contributed by atoms with Gasteiger partial charge in [-0.1, -0.05) is 27.7 Å². The SMILES string of the molecule is CC[C@@H]1CN(c2nc(C(C)(C)C)nc3c2cnn3C)CCN1C(C)C. The average molecular weight is 345 g/mol. The van der Waals surface area contributed by atoms with Crippen LogP contribution in [0.25, 0.3) is 11.0 Å². The molecule has 0 unspecified atom stereocenters. The van der Waals surface area contributed by atoms with Gasteiger partial charge in [0.1, 0.15) is 11.6 Å². The summed E-state index contributed by atoms with van der Waals surface area (Å²) < 4.78 is 1.86. The van der Waals surface area contributed by atoms with E-state index in [-0.39, 0.29) is 5.41 Å². The van der Waals surface area contributed by atoms with E-state index in [4.69, 9.17) is 9.97 Å². The molecule has 1 aliphatic rings. The normalized spacial score (nSPS) is 20.0. The molecule has 0 N–H and O–H groups in total. The van der Waals surface area contributed by atoms with E-state index in [9.17, 15) is 0 Å². The Labute approximate surface area is 151 Å². The zero-order chi connectivity index (χ0) is 18.4. The molecule has 0 radical (unpaired) electrons. The van der Waals surface area contributed by atoms with Crippen molar-refractivity contribution in [3.05, 3.63) is 12.0 Å². The first-order chi connectivity index (χ1) is 11.7. The van der Waals surface area contributed by atoms with Gasteiger partial charge in [0.25, 0.3) is 0 Å². The van der Waals surface area contributed by atoms with Crippen LogP contribution in [0.4, 0.5) is 5.82 Å². The number of aromatic nitrogens is 4. The molecule has 6 nitrogen and oxygen atoms in total. The fraction of sp³-hybridized carbons (Fsp3) is 0.737. The van der Waals surface area contributed by atoms with Crippen LogP contribution >= 0.6 is 0 Å². The van der Waals surface area contributed by atoms with Gasteiger partial charge in [-0.15, -0.1) is 0 Å². The maximum absolute atomic E-state index is 4.99. The molecule has 1 fully saturated rings. The molecule has 1 saturated heterocycles. The van der Waals surface area contributed by atoms with Crippen LogP contribution in [0.5, 0.6) is 0 Å². The van der Waals surface area contributed by atoms with Crippen LogP contribution < -0.4 is 4.90 Å². The molecule has 1 atom stereocenters. The molecule has 25 heavy (non-hydrogen) atoms. The van der Waals surface area contributed by atoms with Gasteiger partial charge in [0, 0.05) is 44.2 Å². The maximum Gasteiger partial charge on any atom is 0.163 e. The Morgan fingerprint density at radius 3 is 2.52 bits per heavy atom. The summed E-state index contributed by atoms with van der Waals surface area (Å²) in [7, 11) is 1.96. The first-order valence-electron chi connectivity index (χ1n) is 9.43. The molecular formula is C19H32N6. The molecule has 6 heteroatoms. The molecule has 0 amide bonds. The van der Waals surface area contributed by atoms with E-state index >= 15 is 0 Å². The van der Waals surface area contributed by atoms with E-state index in [0.29, 0.717) is 12.1 Å². The van der Waals surface area contributed by atoms with Gasteiger partial charge in [-0.2, -0.15) is 5.10 Å². The minimum atomic E-state index is -0.0862. The van der Waals surface area contributed by atoms with Gasteiger partial charge in [0.05, 0.1) is 11.6 Å². The summed E-state index contributed by atoms with van der Waals surface area (Å²) in [5, 5.41) is 5.49. The van der Waals surface area contributed by atoms with Crippen LogP contribution in [0.15, 0.2) is 6.20 Å². The monoisotopic (exact) mass is 344 g/mol. The van der Waals surface area contributed by atoms with Crippen molar-refractivity contribution in [3.8, 4) is 0 Å². The van der Waals surface area contributed by atoms with Crippen LogP contribution in [0, 0.1) is 0 Å². The number of hydrogen-bond acceptors (Lipinski definition) is 5. The van der Waals surface area contributed by atoms with E-state index in [1.54, 1.807) is 0 Å². The summed E-state index contributed by atoms with van der Waals surface area (Å²) in [6.45, 7) is 16.5. The van der Waals surface area contributed by atoms with E-state index < -0.39 is 0 Å². The molecule has 3 heterocycles. The third kappa shape index (κ3) is 3.36. The van der Waals surface area contributed by atoms with E-state index in [2.05, 4.69) is 56.4 Å². The van der Waals surface area contributed by atoms with Crippen molar-refractivity contribution in [2.24, 2.45) is 7.05 Å². The topological polar surface area (TPSA) is 50.1 Å². The number of anilines is 1. The Bertz CT molecular complexity index is 742. The summed E-state index contributed by atoms with van der Waals surface area (Å²) in [4.78, 5) is 14.8. The highest BCUT2D eigenvalue weighted by Crippen LogP contribution is 2.30. The van der Waals surface area contributed by atoms with Crippen molar-refractivity contribution >= 4 is 16.9 Å². The van der Waals surface area contributed by atoms with Crippen LogP contribution in [-0.4, -0.2) is 56.4 Å². The Morgan fingerprint density at radius 2 is 1.92 bits per heavy atom. The standard InChI is InChI=1S/C19H32N6/c1-8-14-12-24(9-10-25(14)13(2)3)17-15-11-20-23(7)16(15)21-18(22-17)19(4,5)6/h11,13-14H,8-10,12H2,1-7H3/t14-/m1/s1. The summed E-state index contributed by atoms with van der Waals surface area (Å²) >= 11 is 0. The predicted octanol–water partition coefficient (Wildman–Crippen LogP) is 2.97. The summed E-state index contributed by atoms with van der Waals surface area (Å²) in [6, 6.07) is 1.15. The highest BCUT2D eigenvalue weighted by Gasteiger charge is 2.30. The van der Waals surface area contributed by atoms with Gasteiger partial charge in [0.15, 0.2) is 5.65 Å². The number of hydrogen-bond donors (Lipinski definition) is 0. The Morgan fingerprint density at radius 1 is 1.20 bits per heavy atom. The van der Waals surface area contributed by atoms with E-state index in [1.165, 1.54) is 0 Å². The summed E-state index contributed by atoms with van der Waals surface area (Å²) in [5.74, 6) is 1.93. The third-order valence-electron chi connectivity index (χ3n) is 5.21. The highest BCUT2D eigenvalue weighted by atomic mass is 15.3. The van der Waals surface area contributed by atoms with Gasteiger partial charge >= 0.3 is 0 Å². The Kier molecular flexibility index (Phi) is 4.75. The molecule has 1 aliphatic heterocycles. The number of rotatable bonds is 3. The fourth-order valence-electron chi connectivity index (χ4n) is 3.69. The van der Waals surface area contributed by atoms with E-state index in [0.717, 1.165) is 48.7 Å². The number of nitrogens with zero attached hydrogens (tertiary/aromatic N) is 6. The number of fused-ring (bicyclic) bond motifs is 1. The van der Waals surface area contributed by atoms with E-state index in [1.807, 2.05) is 17.9 Å². The molecule has 0 bridgehead atoms. The van der Waals surface area contributed by atoms with Gasteiger partial charge in [-0.3, -0.25) is 9.58 Å². The van der Waals surface area contributed by atoms with Gasteiger partial charge in [0.2, 0.25) is 0 Å². The first kappa shape index (κ1) is 18.1. The fourth-order valence-corrected chi connectivity index (χ4v) is 3.69. The number of aryl methyl sites for hydroxylation is 1. The minimum absolute atomic E-state index is 0.0862. The lowest BCUT2D eigenvalue weighted by molar-refractivity contribution is 0.133. The minimum Gasteiger partial charge on any atom is -0.353 e. The van der Waals surface area contributed by atoms with Gasteiger partial charge in [-0.05, 0) is 20.3 Å². The lowest BCUT2D eigenvalue weighted by atomic mass is 9.95. The molecule has 2 aromatic heterocycles. The van der Waals surface area contributed by atoms with Crippen molar-refractivity contribution in [1.29, 1.82) is 0 Å². The van der Waals surface area contributed by atoms with Crippen LogP contribution in [0.3, 0.4) is 0 Å². The zero-order valence-corrected chi connectivity index (χ0v) is 16.7. The predicted molar refractivity (Wildman–Crippen MR) is 103 cm³/mol. The second-order valence-corrected chi connectivity index (χ2v) is 8.47. The molecule has 0 aromatic carbocycles. The maximum atomic E-state index is 4.99. The molecule has 0 spiro atoms. The van der Waals surface area contributed by atoms with Crippen molar-refractivity contribution in [3.63, 3.8) is 0 Å². The third-order valence-corrected chi connectivity index (χ3v) is 5.21. The summed E-state index contributed by atoms with van der Waals surface area (Å²) in [6.07, 6.45) is 3.06. The highest BCUT2D eigenvalue weighted by molar-refractivity contribution is 5.87. The van der Waals surface area contributed by atoms with Gasteiger partial charge in [-0.25, -0.2) is 9.97 Å². The second-order valence-electron chi connectivity index (χ2n) is 8.47. The molecule has 138 valence electrons. The first-order valence-corrected chi connectivity index (χ1v) is 9.43. The molecule has 0 aliphatic carbocycles. The Hall–Kier alpha value is -1.69. The summed E-state index contributed by atoms with van der Waals surface area (Å²) in [5.41, 5.74) is 0.839. The van der Waals surface area contributed by atoms with Crippen LogP contribution in [0.1, 0.15) is 53.8 Å². The molecule has 2 aromatic rings. The van der Waals surface area contributed by atoms with Crippen molar-refractivity contribution in [2.75, 3.05) is 24.5 Å². The largest absolute Gasteiger partial charge is 0.353 e. The van der Waals surface area contributed by atoms with Gasteiger partial charge < -0.3 is 4.90 Å². The smallest absolute Gasteiger partial charge is 0.163 e. The molecule has 0 saturated carbocycles.